The lowest BCUT2D eigenvalue weighted by molar-refractivity contribution is 0.00657. The van der Waals surface area contributed by atoms with Gasteiger partial charge < -0.3 is 15.2 Å². The van der Waals surface area contributed by atoms with Gasteiger partial charge in [-0.3, -0.25) is 4.57 Å². The van der Waals surface area contributed by atoms with E-state index >= 15 is 0 Å². The molecule has 0 spiro atoms. The summed E-state index contributed by atoms with van der Waals surface area (Å²) < 4.78 is 28.0. The predicted octanol–water partition coefficient (Wildman–Crippen LogP) is 5.43. The molecule has 1 heterocycles. The largest absolute Gasteiger partial charge is 0.465 e. The summed E-state index contributed by atoms with van der Waals surface area (Å²) in [4.78, 5) is 17.4. The Kier molecular flexibility index (Phi) is 6.75. The molecular weight excluding hydrogens is 433 g/mol. The van der Waals surface area contributed by atoms with E-state index in [1.807, 2.05) is 35.8 Å². The number of carbonyl (C=O) groups is 1. The Morgan fingerprint density at radius 1 is 1.18 bits per heavy atom. The van der Waals surface area contributed by atoms with Gasteiger partial charge in [-0.15, -0.1) is 0 Å². The van der Waals surface area contributed by atoms with Crippen LogP contribution in [-0.2, 0) is 17.8 Å². The van der Waals surface area contributed by atoms with Gasteiger partial charge in [0.05, 0.1) is 24.5 Å². The van der Waals surface area contributed by atoms with Crippen molar-refractivity contribution in [3.63, 3.8) is 0 Å². The van der Waals surface area contributed by atoms with Crippen molar-refractivity contribution in [1.82, 2.24) is 9.55 Å². The fourth-order valence-electron chi connectivity index (χ4n) is 4.06. The van der Waals surface area contributed by atoms with E-state index in [2.05, 4.69) is 0 Å². The van der Waals surface area contributed by atoms with Crippen molar-refractivity contribution in [2.24, 2.45) is 5.73 Å². The lowest BCUT2D eigenvalue weighted by Crippen LogP contribution is -2.25. The van der Waals surface area contributed by atoms with Crippen LogP contribution in [0.5, 0.6) is 6.01 Å². The highest BCUT2D eigenvalue weighted by Crippen LogP contribution is 2.42. The molecular formula is C27H32FN3O3. The van der Waals surface area contributed by atoms with Crippen molar-refractivity contribution in [1.29, 1.82) is 0 Å². The van der Waals surface area contributed by atoms with Gasteiger partial charge in [0.15, 0.2) is 0 Å². The first-order valence-electron chi connectivity index (χ1n) is 11.7. The smallest absolute Gasteiger partial charge is 0.342 e. The van der Waals surface area contributed by atoms with Crippen molar-refractivity contribution in [2.45, 2.75) is 65.1 Å². The Labute approximate surface area is 199 Å². The third kappa shape index (κ3) is 5.14. The van der Waals surface area contributed by atoms with E-state index < -0.39 is 17.4 Å². The molecule has 1 aliphatic carbocycles. The summed E-state index contributed by atoms with van der Waals surface area (Å²) in [5, 5.41) is 0. The number of nitrogens with zero attached hydrogens (tertiary/aromatic N) is 2. The summed E-state index contributed by atoms with van der Waals surface area (Å²) in [5.41, 5.74) is 9.62. The van der Waals surface area contributed by atoms with Crippen molar-refractivity contribution in [2.75, 3.05) is 6.61 Å². The summed E-state index contributed by atoms with van der Waals surface area (Å²) in [6.07, 6.45) is 2.27. The SMILES string of the molecule is CCOc1nc(C2CC2)c(CN)n1Cc1ccc(-c2cccc(F)c2C(=O)OC(C)(C)C)cc1. The Morgan fingerprint density at radius 3 is 2.47 bits per heavy atom. The van der Waals surface area contributed by atoms with Gasteiger partial charge in [-0.25, -0.2) is 9.18 Å². The highest BCUT2D eigenvalue weighted by molar-refractivity contribution is 5.97. The normalized spacial score (nSPS) is 13.7. The van der Waals surface area contributed by atoms with Gasteiger partial charge in [-0.05, 0) is 63.3 Å². The molecule has 2 N–H and O–H groups in total. The molecule has 34 heavy (non-hydrogen) atoms. The minimum absolute atomic E-state index is 0.0575. The molecule has 4 rings (SSSR count). The number of ether oxygens (including phenoxy) is 2. The molecule has 1 saturated carbocycles. The van der Waals surface area contributed by atoms with E-state index in [-0.39, 0.29) is 5.56 Å². The van der Waals surface area contributed by atoms with Crippen LogP contribution in [0.3, 0.4) is 0 Å². The van der Waals surface area contributed by atoms with Crippen LogP contribution in [0.15, 0.2) is 42.5 Å². The standard InChI is InChI=1S/C27H32FN3O3/c1-5-33-26-30-24(19-13-14-19)22(15-29)31(26)16-17-9-11-18(12-10-17)20-7-6-8-21(28)23(20)25(32)34-27(2,3)4/h6-12,19H,5,13-16,29H2,1-4H3. The van der Waals surface area contributed by atoms with E-state index in [1.54, 1.807) is 32.9 Å². The number of benzene rings is 2. The third-order valence-corrected chi connectivity index (χ3v) is 5.72. The molecule has 0 radical (unpaired) electrons. The molecule has 0 bridgehead atoms. The van der Waals surface area contributed by atoms with Crippen molar-refractivity contribution in [3.8, 4) is 17.1 Å². The van der Waals surface area contributed by atoms with Crippen LogP contribution in [0.2, 0.25) is 0 Å². The maximum atomic E-state index is 14.7. The van der Waals surface area contributed by atoms with Crippen LogP contribution in [0, 0.1) is 5.82 Å². The Balaban J connectivity index is 1.64. The fourth-order valence-corrected chi connectivity index (χ4v) is 4.06. The maximum absolute atomic E-state index is 14.7. The van der Waals surface area contributed by atoms with Gasteiger partial charge >= 0.3 is 5.97 Å². The van der Waals surface area contributed by atoms with Crippen LogP contribution in [-0.4, -0.2) is 27.7 Å². The number of halogens is 1. The Morgan fingerprint density at radius 2 is 1.88 bits per heavy atom. The number of nitrogens with two attached hydrogens (primary N) is 1. The van der Waals surface area contributed by atoms with Gasteiger partial charge in [-0.2, -0.15) is 4.98 Å². The highest BCUT2D eigenvalue weighted by Gasteiger charge is 2.31. The molecule has 1 fully saturated rings. The molecule has 0 unspecified atom stereocenters. The minimum Gasteiger partial charge on any atom is -0.465 e. The van der Waals surface area contributed by atoms with E-state index in [0.29, 0.717) is 37.2 Å². The van der Waals surface area contributed by atoms with Gasteiger partial charge in [0, 0.05) is 12.5 Å². The maximum Gasteiger partial charge on any atom is 0.342 e. The number of imidazole rings is 1. The monoisotopic (exact) mass is 465 g/mol. The number of esters is 1. The molecule has 2 aromatic carbocycles. The fraction of sp³-hybridized carbons (Fsp3) is 0.407. The van der Waals surface area contributed by atoms with Gasteiger partial charge in [0.1, 0.15) is 17.0 Å². The lowest BCUT2D eigenvalue weighted by atomic mass is 9.98. The summed E-state index contributed by atoms with van der Waals surface area (Å²) >= 11 is 0. The van der Waals surface area contributed by atoms with Crippen molar-refractivity contribution in [3.05, 3.63) is 70.8 Å². The number of carbonyl (C=O) groups excluding carboxylic acids is 1. The third-order valence-electron chi connectivity index (χ3n) is 5.72. The van der Waals surface area contributed by atoms with Crippen LogP contribution >= 0.6 is 0 Å². The first-order chi connectivity index (χ1) is 16.2. The first kappa shape index (κ1) is 24.0. The van der Waals surface area contributed by atoms with Crippen molar-refractivity contribution < 1.29 is 18.7 Å². The highest BCUT2D eigenvalue weighted by atomic mass is 19.1. The second kappa shape index (κ2) is 9.58. The quantitative estimate of drug-likeness (QED) is 0.449. The molecule has 0 aliphatic heterocycles. The molecule has 3 aromatic rings. The predicted molar refractivity (Wildman–Crippen MR) is 129 cm³/mol. The molecule has 1 aliphatic rings. The summed E-state index contributed by atoms with van der Waals surface area (Å²) in [6.45, 7) is 8.70. The zero-order chi connectivity index (χ0) is 24.5. The van der Waals surface area contributed by atoms with Crippen LogP contribution < -0.4 is 10.5 Å². The first-order valence-corrected chi connectivity index (χ1v) is 11.7. The van der Waals surface area contributed by atoms with Crippen LogP contribution in [0.4, 0.5) is 4.39 Å². The zero-order valence-corrected chi connectivity index (χ0v) is 20.2. The lowest BCUT2D eigenvalue weighted by Gasteiger charge is -2.21. The average molecular weight is 466 g/mol. The van der Waals surface area contributed by atoms with Crippen LogP contribution in [0.1, 0.15) is 73.8 Å². The number of hydrogen-bond acceptors (Lipinski definition) is 5. The Hall–Kier alpha value is -3.19. The molecule has 0 saturated heterocycles. The second-order valence-electron chi connectivity index (χ2n) is 9.59. The zero-order valence-electron chi connectivity index (χ0n) is 20.2. The minimum atomic E-state index is -0.719. The van der Waals surface area contributed by atoms with E-state index in [4.69, 9.17) is 20.2 Å². The molecule has 0 amide bonds. The van der Waals surface area contributed by atoms with Gasteiger partial charge in [0.25, 0.3) is 6.01 Å². The topological polar surface area (TPSA) is 79.4 Å². The van der Waals surface area contributed by atoms with Crippen LogP contribution in [0.25, 0.3) is 11.1 Å². The van der Waals surface area contributed by atoms with E-state index in [9.17, 15) is 9.18 Å². The van der Waals surface area contributed by atoms with Crippen molar-refractivity contribution >= 4 is 5.97 Å². The molecule has 6 nitrogen and oxygen atoms in total. The summed E-state index contributed by atoms with van der Waals surface area (Å²) in [7, 11) is 0. The van der Waals surface area contributed by atoms with E-state index in [0.717, 1.165) is 35.4 Å². The summed E-state index contributed by atoms with van der Waals surface area (Å²) in [5.74, 6) is -0.805. The number of hydrogen-bond donors (Lipinski definition) is 1. The van der Waals surface area contributed by atoms with Gasteiger partial charge in [-0.1, -0.05) is 36.4 Å². The summed E-state index contributed by atoms with van der Waals surface area (Å²) in [6, 6.07) is 12.9. The molecule has 0 atom stereocenters. The average Bonchev–Trinajstić information content (AvgIpc) is 3.57. The Bertz CT molecular complexity index is 1180. The van der Waals surface area contributed by atoms with Gasteiger partial charge in [0.2, 0.25) is 0 Å². The second-order valence-corrected chi connectivity index (χ2v) is 9.59. The van der Waals surface area contributed by atoms with E-state index in [1.165, 1.54) is 6.07 Å². The molecule has 7 heteroatoms. The number of rotatable bonds is 8. The number of aromatic nitrogens is 2. The molecule has 1 aromatic heterocycles. The molecule has 180 valence electrons.